The number of fused-ring (bicyclic) bond motifs is 1. The molecule has 1 fully saturated rings. The van der Waals surface area contributed by atoms with Crippen molar-refractivity contribution in [1.82, 2.24) is 15.1 Å². The number of halogens is 1. The van der Waals surface area contributed by atoms with E-state index < -0.39 is 11.4 Å². The van der Waals surface area contributed by atoms with Crippen molar-refractivity contribution in [2.75, 3.05) is 0 Å². The molecule has 1 aromatic heterocycles. The molecule has 0 spiro atoms. The Morgan fingerprint density at radius 2 is 1.71 bits per heavy atom. The molecule has 0 bridgehead atoms. The smallest absolute Gasteiger partial charge is 0.272 e. The highest BCUT2D eigenvalue weighted by atomic mass is 35.5. The average molecular weight is 401 g/mol. The zero-order valence-electron chi connectivity index (χ0n) is 15.8. The first kappa shape index (κ1) is 19.0. The summed E-state index contributed by atoms with van der Waals surface area (Å²) < 4.78 is 1.86. The first-order chi connectivity index (χ1) is 13.5. The summed E-state index contributed by atoms with van der Waals surface area (Å²) in [6, 6.07) is 7.46. The van der Waals surface area contributed by atoms with Gasteiger partial charge in [-0.2, -0.15) is 5.10 Å². The Morgan fingerprint density at radius 3 is 2.39 bits per heavy atom. The maximum atomic E-state index is 13.2. The first-order valence-electron chi connectivity index (χ1n) is 9.99. The number of nitrogens with zero attached hydrogens (tertiary/aromatic N) is 2. The molecule has 7 heteroatoms. The molecule has 1 aromatic carbocycles. The molecule has 28 heavy (non-hydrogen) atoms. The number of hydrogen-bond acceptors (Lipinski definition) is 3. The highest BCUT2D eigenvalue weighted by molar-refractivity contribution is 6.30. The number of hydrogen-bond donors (Lipinski definition) is 2. The van der Waals surface area contributed by atoms with E-state index in [-0.39, 0.29) is 5.91 Å². The third-order valence-corrected chi connectivity index (χ3v) is 6.25. The van der Waals surface area contributed by atoms with Gasteiger partial charge in [0.25, 0.3) is 5.91 Å². The number of primary amides is 1. The third kappa shape index (κ3) is 3.41. The predicted molar refractivity (Wildman–Crippen MR) is 108 cm³/mol. The molecular formula is C21H25ClN4O2. The van der Waals surface area contributed by atoms with E-state index in [0.29, 0.717) is 23.6 Å². The van der Waals surface area contributed by atoms with Crippen LogP contribution in [0, 0.1) is 0 Å². The molecule has 3 N–H and O–H groups in total. The van der Waals surface area contributed by atoms with Gasteiger partial charge in [0, 0.05) is 16.3 Å². The number of carbonyl (C=O) groups is 2. The van der Waals surface area contributed by atoms with Gasteiger partial charge >= 0.3 is 0 Å². The van der Waals surface area contributed by atoms with Gasteiger partial charge in [-0.3, -0.25) is 9.59 Å². The number of benzene rings is 1. The minimum Gasteiger partial charge on any atom is -0.368 e. The fraction of sp³-hybridized carbons (Fsp3) is 0.476. The number of carbonyl (C=O) groups excluding carboxylic acids is 2. The fourth-order valence-corrected chi connectivity index (χ4v) is 4.57. The van der Waals surface area contributed by atoms with E-state index in [9.17, 15) is 9.59 Å². The minimum absolute atomic E-state index is 0.299. The van der Waals surface area contributed by atoms with E-state index in [1.807, 2.05) is 28.9 Å². The SMILES string of the molecule is NC(=O)C1(NC(=O)c2nn(-c3ccc(Cl)cc3)c3c2CCCCC3)CCCC1. The normalized spacial score (nSPS) is 18.3. The maximum absolute atomic E-state index is 13.2. The van der Waals surface area contributed by atoms with E-state index in [0.717, 1.165) is 61.9 Å². The third-order valence-electron chi connectivity index (χ3n) is 6.00. The van der Waals surface area contributed by atoms with E-state index in [1.165, 1.54) is 0 Å². The standard InChI is InChI=1S/C21H25ClN4O2/c22-14-8-10-15(11-9-14)26-17-7-3-1-2-6-16(17)18(25-26)19(27)24-21(20(23)28)12-4-5-13-21/h8-11H,1-7,12-13H2,(H2,23,28)(H,24,27). The van der Waals surface area contributed by atoms with Crippen LogP contribution in [-0.2, 0) is 17.6 Å². The van der Waals surface area contributed by atoms with Crippen molar-refractivity contribution in [3.63, 3.8) is 0 Å². The van der Waals surface area contributed by atoms with Gasteiger partial charge in [-0.15, -0.1) is 0 Å². The zero-order chi connectivity index (χ0) is 19.7. The van der Waals surface area contributed by atoms with Crippen LogP contribution in [-0.4, -0.2) is 27.1 Å². The quantitative estimate of drug-likeness (QED) is 0.771. The van der Waals surface area contributed by atoms with Crippen molar-refractivity contribution in [2.45, 2.75) is 63.3 Å². The molecule has 2 aromatic rings. The Labute approximate surface area is 169 Å². The second-order valence-electron chi connectivity index (χ2n) is 7.83. The van der Waals surface area contributed by atoms with Crippen LogP contribution in [0.25, 0.3) is 5.69 Å². The van der Waals surface area contributed by atoms with E-state index >= 15 is 0 Å². The van der Waals surface area contributed by atoms with Crippen LogP contribution in [0.5, 0.6) is 0 Å². The largest absolute Gasteiger partial charge is 0.368 e. The number of amides is 2. The number of nitrogens with two attached hydrogens (primary N) is 1. The van der Waals surface area contributed by atoms with Crippen LogP contribution in [0.1, 0.15) is 66.7 Å². The molecule has 1 saturated carbocycles. The monoisotopic (exact) mass is 400 g/mol. The highest BCUT2D eigenvalue weighted by Gasteiger charge is 2.42. The Bertz CT molecular complexity index is 898. The first-order valence-corrected chi connectivity index (χ1v) is 10.4. The summed E-state index contributed by atoms with van der Waals surface area (Å²) in [6.07, 6.45) is 7.87. The van der Waals surface area contributed by atoms with Crippen LogP contribution >= 0.6 is 11.6 Å². The lowest BCUT2D eigenvalue weighted by molar-refractivity contribution is -0.123. The average Bonchev–Trinajstić information content (AvgIpc) is 3.21. The van der Waals surface area contributed by atoms with Gasteiger partial charge in [0.1, 0.15) is 5.54 Å². The summed E-state index contributed by atoms with van der Waals surface area (Å²) in [7, 11) is 0. The second kappa shape index (κ2) is 7.59. The van der Waals surface area contributed by atoms with Crippen LogP contribution in [0.3, 0.4) is 0 Å². The molecule has 2 amide bonds. The van der Waals surface area contributed by atoms with E-state index in [1.54, 1.807) is 0 Å². The van der Waals surface area contributed by atoms with Gasteiger partial charge in [0.2, 0.25) is 5.91 Å². The Hall–Kier alpha value is -2.34. The lowest BCUT2D eigenvalue weighted by Crippen LogP contribution is -2.55. The van der Waals surface area contributed by atoms with Crippen molar-refractivity contribution in [3.8, 4) is 5.69 Å². The lowest BCUT2D eigenvalue weighted by Gasteiger charge is -2.26. The van der Waals surface area contributed by atoms with E-state index in [2.05, 4.69) is 10.4 Å². The molecule has 6 nitrogen and oxygen atoms in total. The topological polar surface area (TPSA) is 90.0 Å². The van der Waals surface area contributed by atoms with Crippen molar-refractivity contribution in [3.05, 3.63) is 46.2 Å². The van der Waals surface area contributed by atoms with E-state index in [4.69, 9.17) is 17.3 Å². The summed E-state index contributed by atoms with van der Waals surface area (Å²) in [5.74, 6) is -0.756. The molecule has 0 unspecified atom stereocenters. The second-order valence-corrected chi connectivity index (χ2v) is 8.27. The van der Waals surface area contributed by atoms with Crippen molar-refractivity contribution >= 4 is 23.4 Å². The van der Waals surface area contributed by atoms with Crippen molar-refractivity contribution < 1.29 is 9.59 Å². The molecule has 0 radical (unpaired) electrons. The molecular weight excluding hydrogens is 376 g/mol. The van der Waals surface area contributed by atoms with Gasteiger partial charge < -0.3 is 11.1 Å². The van der Waals surface area contributed by atoms with Crippen LogP contribution in [0.2, 0.25) is 5.02 Å². The van der Waals surface area contributed by atoms with Gasteiger partial charge in [0.15, 0.2) is 5.69 Å². The highest BCUT2D eigenvalue weighted by Crippen LogP contribution is 2.31. The Morgan fingerprint density at radius 1 is 1.04 bits per heavy atom. The van der Waals surface area contributed by atoms with Gasteiger partial charge in [-0.25, -0.2) is 4.68 Å². The number of aromatic nitrogens is 2. The van der Waals surface area contributed by atoms with Gasteiger partial charge in [0.05, 0.1) is 5.69 Å². The molecule has 2 aliphatic carbocycles. The van der Waals surface area contributed by atoms with Crippen molar-refractivity contribution in [1.29, 1.82) is 0 Å². The zero-order valence-corrected chi connectivity index (χ0v) is 16.6. The van der Waals surface area contributed by atoms with Crippen LogP contribution in [0.15, 0.2) is 24.3 Å². The fourth-order valence-electron chi connectivity index (χ4n) is 4.44. The summed E-state index contributed by atoms with van der Waals surface area (Å²) in [5, 5.41) is 8.27. The Kier molecular flexibility index (Phi) is 5.15. The molecule has 148 valence electrons. The van der Waals surface area contributed by atoms with Crippen LogP contribution in [0.4, 0.5) is 0 Å². The molecule has 0 saturated heterocycles. The summed E-state index contributed by atoms with van der Waals surface area (Å²) in [5.41, 5.74) is 8.05. The molecule has 0 aliphatic heterocycles. The molecule has 4 rings (SSSR count). The predicted octanol–water partition coefficient (Wildman–Crippen LogP) is 3.32. The summed E-state index contributed by atoms with van der Waals surface area (Å²) in [6.45, 7) is 0. The number of rotatable bonds is 4. The number of nitrogens with one attached hydrogen (secondary N) is 1. The van der Waals surface area contributed by atoms with Gasteiger partial charge in [-0.1, -0.05) is 30.9 Å². The maximum Gasteiger partial charge on any atom is 0.272 e. The summed E-state index contributed by atoms with van der Waals surface area (Å²) >= 11 is 6.03. The molecule has 0 atom stereocenters. The van der Waals surface area contributed by atoms with Crippen molar-refractivity contribution in [2.24, 2.45) is 5.73 Å². The Balaban J connectivity index is 1.73. The van der Waals surface area contributed by atoms with Crippen LogP contribution < -0.4 is 11.1 Å². The summed E-state index contributed by atoms with van der Waals surface area (Å²) in [4.78, 5) is 25.2. The molecule has 2 aliphatic rings. The van der Waals surface area contributed by atoms with Gasteiger partial charge in [-0.05, 0) is 62.8 Å². The minimum atomic E-state index is -0.946. The molecule has 1 heterocycles. The lowest BCUT2D eigenvalue weighted by atomic mass is 9.96.